The Kier molecular flexibility index (Phi) is 11.2. The highest BCUT2D eigenvalue weighted by Crippen LogP contribution is 2.21. The third-order valence-electron chi connectivity index (χ3n) is 4.93. The summed E-state index contributed by atoms with van der Waals surface area (Å²) in [6, 6.07) is 12.2. The maximum atomic E-state index is 12.5. The first kappa shape index (κ1) is 30.3. The Morgan fingerprint density at radius 2 is 1.58 bits per heavy atom. The molecule has 1 aromatic heterocycles. The molecule has 13 heteroatoms. The normalized spacial score (nSPS) is 10.9. The topological polar surface area (TPSA) is 214 Å². The monoisotopic (exact) mass is 522 g/mol. The van der Waals surface area contributed by atoms with Crippen molar-refractivity contribution in [1.82, 2.24) is 14.6 Å². The van der Waals surface area contributed by atoms with Crippen LogP contribution in [0.1, 0.15) is 27.0 Å². The first-order valence-corrected chi connectivity index (χ1v) is 12.1. The Morgan fingerprint density at radius 3 is 2.11 bits per heavy atom. The third-order valence-corrected chi connectivity index (χ3v) is 6.23. The molecule has 2 aromatic carbocycles. The lowest BCUT2D eigenvalue weighted by molar-refractivity contribution is -0.159. The van der Waals surface area contributed by atoms with Gasteiger partial charge in [0.15, 0.2) is 0 Å². The van der Waals surface area contributed by atoms with Gasteiger partial charge >= 0.3 is 11.9 Å². The van der Waals surface area contributed by atoms with Crippen molar-refractivity contribution in [1.29, 1.82) is 0 Å². The van der Waals surface area contributed by atoms with E-state index in [0.717, 1.165) is 35.0 Å². The number of likely N-dealkylation sites (N-methyl/N-ethyl adjacent to an activating group) is 1. The lowest BCUT2D eigenvalue weighted by atomic mass is 10.1. The number of carbonyl (C=O) groups excluding carboxylic acids is 1. The summed E-state index contributed by atoms with van der Waals surface area (Å²) in [4.78, 5) is 34.7. The summed E-state index contributed by atoms with van der Waals surface area (Å²) in [7, 11) is 0.546. The van der Waals surface area contributed by atoms with Crippen LogP contribution in [0.2, 0.25) is 0 Å². The predicted octanol–water partition coefficient (Wildman–Crippen LogP) is 0.321. The highest BCUT2D eigenvalue weighted by Gasteiger charge is 2.13. The Morgan fingerprint density at radius 1 is 1.00 bits per heavy atom. The van der Waals surface area contributed by atoms with Gasteiger partial charge in [0.2, 0.25) is 15.9 Å². The fourth-order valence-electron chi connectivity index (χ4n) is 3.12. The largest absolute Gasteiger partial charge is 0.473 e. The lowest BCUT2D eigenvalue weighted by Crippen LogP contribution is -2.24. The first-order valence-electron chi connectivity index (χ1n) is 10.4. The van der Waals surface area contributed by atoms with Gasteiger partial charge in [0.1, 0.15) is 0 Å². The smallest absolute Gasteiger partial charge is 0.414 e. The van der Waals surface area contributed by atoms with Gasteiger partial charge in [-0.2, -0.15) is 0 Å². The number of nitrogens with two attached hydrogens (primary N) is 1. The number of benzene rings is 2. The van der Waals surface area contributed by atoms with E-state index < -0.39 is 27.9 Å². The van der Waals surface area contributed by atoms with Crippen LogP contribution in [0.15, 0.2) is 48.7 Å². The van der Waals surface area contributed by atoms with E-state index in [1.807, 2.05) is 38.5 Å². The zero-order valence-electron chi connectivity index (χ0n) is 19.8. The molecule has 8 N–H and O–H groups in total. The molecule has 196 valence electrons. The van der Waals surface area contributed by atoms with E-state index in [0.29, 0.717) is 5.56 Å². The number of carboxylic acids is 2. The second kappa shape index (κ2) is 13.3. The molecule has 0 atom stereocenters. The molecule has 0 spiro atoms. The molecule has 0 aliphatic heterocycles. The van der Waals surface area contributed by atoms with Crippen LogP contribution in [0.25, 0.3) is 10.9 Å². The SMILES string of the molecule is CN(C)CCc1c[nH]c2ccc(CS(=O)(=O)NCc3ccc(C(N)=O)cc3)cc12.O.O=C(O)C(=O)O. The number of aliphatic carboxylic acids is 2. The van der Waals surface area contributed by atoms with E-state index in [1.165, 1.54) is 5.56 Å². The molecule has 0 bridgehead atoms. The maximum absolute atomic E-state index is 12.5. The highest BCUT2D eigenvalue weighted by molar-refractivity contribution is 7.88. The van der Waals surface area contributed by atoms with Gasteiger partial charge in [-0.25, -0.2) is 22.7 Å². The molecule has 1 amide bonds. The zero-order chi connectivity index (χ0) is 26.2. The van der Waals surface area contributed by atoms with Gasteiger partial charge in [-0.05, 0) is 61.5 Å². The Hall–Kier alpha value is -3.78. The number of carboxylic acid groups (broad SMARTS) is 2. The predicted molar refractivity (Wildman–Crippen MR) is 134 cm³/mol. The maximum Gasteiger partial charge on any atom is 0.414 e. The minimum Gasteiger partial charge on any atom is -0.473 e. The summed E-state index contributed by atoms with van der Waals surface area (Å²) in [5.41, 5.74) is 9.27. The summed E-state index contributed by atoms with van der Waals surface area (Å²) in [6.07, 6.45) is 2.88. The summed E-state index contributed by atoms with van der Waals surface area (Å²) in [6.45, 7) is 1.08. The van der Waals surface area contributed by atoms with Crippen molar-refractivity contribution in [3.05, 3.63) is 70.9 Å². The van der Waals surface area contributed by atoms with Crippen molar-refractivity contribution in [2.75, 3.05) is 20.6 Å². The van der Waals surface area contributed by atoms with Crippen LogP contribution in [0.3, 0.4) is 0 Å². The van der Waals surface area contributed by atoms with Gasteiger partial charge in [0, 0.05) is 35.8 Å². The molecular weight excluding hydrogens is 492 g/mol. The van der Waals surface area contributed by atoms with E-state index >= 15 is 0 Å². The molecule has 0 fully saturated rings. The van der Waals surface area contributed by atoms with Crippen molar-refractivity contribution in [2.45, 2.75) is 18.7 Å². The standard InChI is InChI=1S/C21H26N4O3S.C2H2O4.H2O/c1-25(2)10-9-18-13-23-20-8-5-16(11-19(18)20)14-29(27,28)24-12-15-3-6-17(7-4-15)21(22)26;3-1(4)2(5)6;/h3-8,11,13,23-24H,9-10,12,14H2,1-2H3,(H2,22,26);(H,3,4)(H,5,6);1H2. The second-order valence-electron chi connectivity index (χ2n) is 8.00. The van der Waals surface area contributed by atoms with Gasteiger partial charge in [0.25, 0.3) is 0 Å². The third kappa shape index (κ3) is 9.46. The van der Waals surface area contributed by atoms with Gasteiger partial charge in [-0.3, -0.25) is 4.79 Å². The van der Waals surface area contributed by atoms with Gasteiger partial charge < -0.3 is 31.3 Å². The van der Waals surface area contributed by atoms with Crippen LogP contribution in [-0.2, 0) is 38.3 Å². The van der Waals surface area contributed by atoms with E-state index in [2.05, 4.69) is 14.6 Å². The van der Waals surface area contributed by atoms with Crippen molar-refractivity contribution in [3.63, 3.8) is 0 Å². The molecule has 3 aromatic rings. The minimum atomic E-state index is -3.51. The van der Waals surface area contributed by atoms with Crippen LogP contribution in [0.4, 0.5) is 0 Å². The molecule has 3 rings (SSSR count). The molecular formula is C23H30N4O8S. The molecule has 36 heavy (non-hydrogen) atoms. The Bertz CT molecular complexity index is 1290. The van der Waals surface area contributed by atoms with Crippen molar-refractivity contribution in [2.24, 2.45) is 5.73 Å². The van der Waals surface area contributed by atoms with Gasteiger partial charge in [-0.1, -0.05) is 18.2 Å². The number of nitrogens with one attached hydrogen (secondary N) is 2. The number of hydrogen-bond acceptors (Lipinski definition) is 6. The highest BCUT2D eigenvalue weighted by atomic mass is 32.2. The van der Waals surface area contributed by atoms with E-state index in [1.54, 1.807) is 24.3 Å². The average molecular weight is 523 g/mol. The van der Waals surface area contributed by atoms with Gasteiger partial charge in [0.05, 0.1) is 5.75 Å². The van der Waals surface area contributed by atoms with Crippen LogP contribution >= 0.6 is 0 Å². The molecule has 0 aliphatic carbocycles. The van der Waals surface area contributed by atoms with Crippen molar-refractivity contribution in [3.8, 4) is 0 Å². The second-order valence-corrected chi connectivity index (χ2v) is 9.81. The van der Waals surface area contributed by atoms with Crippen molar-refractivity contribution < 1.29 is 38.5 Å². The average Bonchev–Trinajstić information content (AvgIpc) is 3.19. The van der Waals surface area contributed by atoms with Crippen molar-refractivity contribution >= 4 is 38.8 Å². The molecule has 1 heterocycles. The molecule has 12 nitrogen and oxygen atoms in total. The number of hydrogen-bond donors (Lipinski definition) is 5. The van der Waals surface area contributed by atoms with E-state index in [-0.39, 0.29) is 17.8 Å². The fourth-order valence-corrected chi connectivity index (χ4v) is 4.22. The number of fused-ring (bicyclic) bond motifs is 1. The zero-order valence-corrected chi connectivity index (χ0v) is 20.6. The summed E-state index contributed by atoms with van der Waals surface area (Å²) in [5, 5.41) is 15.8. The van der Waals surface area contributed by atoms with Crippen LogP contribution < -0.4 is 10.5 Å². The summed E-state index contributed by atoms with van der Waals surface area (Å²) in [5.74, 6) is -4.26. The molecule has 0 saturated heterocycles. The molecule has 0 unspecified atom stereocenters. The Labute approximate surface area is 208 Å². The van der Waals surface area contributed by atoms with Crippen LogP contribution in [-0.4, -0.2) is 72.5 Å². The minimum absolute atomic E-state index is 0. The number of carbonyl (C=O) groups is 3. The quantitative estimate of drug-likeness (QED) is 0.246. The fraction of sp³-hybridized carbons (Fsp3) is 0.261. The molecule has 0 aliphatic rings. The summed E-state index contributed by atoms with van der Waals surface area (Å²) >= 11 is 0. The number of aromatic amines is 1. The number of aromatic nitrogens is 1. The number of amides is 1. The number of H-pyrrole nitrogens is 1. The number of rotatable bonds is 9. The molecule has 0 saturated carbocycles. The van der Waals surface area contributed by atoms with Crippen LogP contribution in [0, 0.1) is 0 Å². The number of primary amides is 1. The van der Waals surface area contributed by atoms with Crippen LogP contribution in [0.5, 0.6) is 0 Å². The lowest BCUT2D eigenvalue weighted by Gasteiger charge is -2.09. The van der Waals surface area contributed by atoms with Gasteiger partial charge in [-0.15, -0.1) is 0 Å². The van der Waals surface area contributed by atoms with E-state index in [9.17, 15) is 13.2 Å². The summed E-state index contributed by atoms with van der Waals surface area (Å²) < 4.78 is 27.7. The Balaban J connectivity index is 0.000000827. The first-order chi connectivity index (χ1) is 16.4. The molecule has 0 radical (unpaired) electrons. The number of sulfonamides is 1. The number of nitrogens with zero attached hydrogens (tertiary/aromatic N) is 1. The van der Waals surface area contributed by atoms with E-state index in [4.69, 9.17) is 25.5 Å².